The molecule has 0 aliphatic rings. The third-order valence-corrected chi connectivity index (χ3v) is 2.51. The number of hydroxylamine groups is 1. The fraction of sp³-hybridized carbons (Fsp3) is 0.533. The van der Waals surface area contributed by atoms with Crippen molar-refractivity contribution in [2.75, 3.05) is 0 Å². The van der Waals surface area contributed by atoms with Crippen LogP contribution in [-0.4, -0.2) is 22.3 Å². The molecule has 0 saturated carbocycles. The van der Waals surface area contributed by atoms with Gasteiger partial charge in [0.05, 0.1) is 0 Å². The van der Waals surface area contributed by atoms with Crippen LogP contribution in [0.4, 0.5) is 0 Å². The number of benzene rings is 1. The molecule has 0 saturated heterocycles. The van der Waals surface area contributed by atoms with Gasteiger partial charge in [-0.25, -0.2) is 5.48 Å². The predicted octanol–water partition coefficient (Wildman–Crippen LogP) is 3.25. The van der Waals surface area contributed by atoms with Gasteiger partial charge >= 0.3 is 5.97 Å². The second-order valence-electron chi connectivity index (χ2n) is 4.49. The van der Waals surface area contributed by atoms with Crippen molar-refractivity contribution in [2.24, 2.45) is 0 Å². The molecule has 0 bridgehead atoms. The van der Waals surface area contributed by atoms with Gasteiger partial charge in [0.25, 0.3) is 0 Å². The van der Waals surface area contributed by atoms with E-state index < -0.39 is 5.97 Å². The van der Waals surface area contributed by atoms with Gasteiger partial charge in [0.1, 0.15) is 0 Å². The van der Waals surface area contributed by atoms with Crippen LogP contribution in [-0.2, 0) is 11.2 Å². The van der Waals surface area contributed by atoms with Crippen LogP contribution in [0.5, 0.6) is 0 Å². The maximum absolute atomic E-state index is 10.4. The lowest BCUT2D eigenvalue weighted by Crippen LogP contribution is -2.27. The maximum Gasteiger partial charge on any atom is 0.303 e. The number of hydrogen-bond acceptors (Lipinski definition) is 3. The third-order valence-electron chi connectivity index (χ3n) is 2.51. The number of aliphatic carboxylic acids is 1. The highest BCUT2D eigenvalue weighted by Gasteiger charge is 2.09. The number of hydrogen-bond donors (Lipinski definition) is 3. The zero-order valence-corrected chi connectivity index (χ0v) is 11.8. The van der Waals surface area contributed by atoms with Gasteiger partial charge in [-0.05, 0) is 24.8 Å². The summed E-state index contributed by atoms with van der Waals surface area (Å²) >= 11 is 0. The van der Waals surface area contributed by atoms with Crippen LogP contribution in [0.25, 0.3) is 0 Å². The Morgan fingerprint density at radius 1 is 1.21 bits per heavy atom. The van der Waals surface area contributed by atoms with Crippen LogP contribution in [0.1, 0.15) is 45.1 Å². The Morgan fingerprint density at radius 3 is 2.26 bits per heavy atom. The zero-order valence-electron chi connectivity index (χ0n) is 11.8. The Hall–Kier alpha value is -1.39. The Bertz CT molecular complexity index is 327. The summed E-state index contributed by atoms with van der Waals surface area (Å²) in [4.78, 5) is 10.4. The molecular formula is C15H25NO3. The normalized spacial score (nSPS) is 11.3. The highest BCUT2D eigenvalue weighted by atomic mass is 16.5. The smallest absolute Gasteiger partial charge is 0.303 e. The third kappa shape index (κ3) is 10.2. The first kappa shape index (κ1) is 17.6. The summed E-state index contributed by atoms with van der Waals surface area (Å²) in [6.45, 7) is 4.25. The van der Waals surface area contributed by atoms with Crippen LogP contribution in [0.15, 0.2) is 30.3 Å². The van der Waals surface area contributed by atoms with Crippen molar-refractivity contribution in [1.82, 2.24) is 5.48 Å². The Balaban J connectivity index is 0.000000982. The topological polar surface area (TPSA) is 69.6 Å². The number of nitrogens with one attached hydrogen (secondary N) is 1. The van der Waals surface area contributed by atoms with Gasteiger partial charge in [-0.3, -0.25) is 4.79 Å². The average molecular weight is 267 g/mol. The van der Waals surface area contributed by atoms with Gasteiger partial charge in [0.15, 0.2) is 0 Å². The van der Waals surface area contributed by atoms with Crippen molar-refractivity contribution < 1.29 is 15.1 Å². The monoisotopic (exact) mass is 267 g/mol. The highest BCUT2D eigenvalue weighted by Crippen LogP contribution is 2.08. The van der Waals surface area contributed by atoms with Crippen molar-refractivity contribution in [2.45, 2.75) is 52.0 Å². The lowest BCUT2D eigenvalue weighted by molar-refractivity contribution is -0.137. The minimum absolute atomic E-state index is 0.0764. The molecule has 4 heteroatoms. The fourth-order valence-corrected chi connectivity index (χ4v) is 1.56. The van der Waals surface area contributed by atoms with E-state index in [2.05, 4.69) is 19.3 Å². The van der Waals surface area contributed by atoms with Crippen molar-refractivity contribution in [3.8, 4) is 0 Å². The molecule has 0 aliphatic heterocycles. The lowest BCUT2D eigenvalue weighted by Gasteiger charge is -2.13. The largest absolute Gasteiger partial charge is 0.481 e. The second-order valence-corrected chi connectivity index (χ2v) is 4.49. The van der Waals surface area contributed by atoms with Crippen molar-refractivity contribution in [1.29, 1.82) is 0 Å². The Labute approximate surface area is 115 Å². The van der Waals surface area contributed by atoms with E-state index >= 15 is 0 Å². The minimum Gasteiger partial charge on any atom is -0.481 e. The van der Waals surface area contributed by atoms with E-state index in [9.17, 15) is 4.79 Å². The number of carboxylic acids is 1. The fourth-order valence-electron chi connectivity index (χ4n) is 1.56. The summed E-state index contributed by atoms with van der Waals surface area (Å²) in [7, 11) is 0. The molecule has 0 fully saturated rings. The van der Waals surface area contributed by atoms with E-state index in [1.165, 1.54) is 12.0 Å². The second kappa shape index (κ2) is 11.7. The molecule has 1 aromatic carbocycles. The minimum atomic E-state index is -0.833. The SMILES string of the molecule is CCC.O=C(O)CCC(CCc1ccccc1)NO. The van der Waals surface area contributed by atoms with E-state index in [1.54, 1.807) is 0 Å². The quantitative estimate of drug-likeness (QED) is 0.663. The van der Waals surface area contributed by atoms with Crippen LogP contribution >= 0.6 is 0 Å². The molecule has 0 amide bonds. The summed E-state index contributed by atoms with van der Waals surface area (Å²) in [5.74, 6) is -0.833. The summed E-state index contributed by atoms with van der Waals surface area (Å²) < 4.78 is 0. The van der Waals surface area contributed by atoms with E-state index in [4.69, 9.17) is 10.3 Å². The number of aryl methyl sites for hydroxylation is 1. The first-order valence-corrected chi connectivity index (χ1v) is 6.79. The standard InChI is InChI=1S/C12H17NO3.C3H8/c14-12(15)9-8-11(13-16)7-6-10-4-2-1-3-5-10;1-3-2/h1-5,11,13,16H,6-9H2,(H,14,15);3H2,1-2H3. The molecule has 1 rings (SSSR count). The summed E-state index contributed by atoms with van der Waals surface area (Å²) in [5.41, 5.74) is 3.36. The van der Waals surface area contributed by atoms with Crippen molar-refractivity contribution in [3.05, 3.63) is 35.9 Å². The molecule has 1 unspecified atom stereocenters. The van der Waals surface area contributed by atoms with Gasteiger partial charge < -0.3 is 10.3 Å². The van der Waals surface area contributed by atoms with Gasteiger partial charge in [-0.2, -0.15) is 0 Å². The maximum atomic E-state index is 10.4. The highest BCUT2D eigenvalue weighted by molar-refractivity contribution is 5.66. The van der Waals surface area contributed by atoms with Crippen LogP contribution in [0, 0.1) is 0 Å². The van der Waals surface area contributed by atoms with Gasteiger partial charge in [-0.15, -0.1) is 0 Å². The lowest BCUT2D eigenvalue weighted by atomic mass is 10.0. The molecular weight excluding hydrogens is 242 g/mol. The molecule has 0 heterocycles. The van der Waals surface area contributed by atoms with E-state index in [-0.39, 0.29) is 12.5 Å². The van der Waals surface area contributed by atoms with Crippen LogP contribution in [0.2, 0.25) is 0 Å². The molecule has 108 valence electrons. The summed E-state index contributed by atoms with van der Waals surface area (Å²) in [6, 6.07) is 9.77. The summed E-state index contributed by atoms with van der Waals surface area (Å²) in [6.07, 6.45) is 3.33. The molecule has 0 aromatic heterocycles. The van der Waals surface area contributed by atoms with Crippen LogP contribution < -0.4 is 5.48 Å². The molecule has 19 heavy (non-hydrogen) atoms. The average Bonchev–Trinajstić information content (AvgIpc) is 2.41. The first-order chi connectivity index (χ1) is 9.13. The Morgan fingerprint density at radius 2 is 1.79 bits per heavy atom. The molecule has 3 N–H and O–H groups in total. The first-order valence-electron chi connectivity index (χ1n) is 6.79. The molecule has 0 aliphatic carbocycles. The summed E-state index contributed by atoms with van der Waals surface area (Å²) in [5, 5.41) is 17.4. The Kier molecular flexibility index (Phi) is 10.8. The van der Waals surface area contributed by atoms with Crippen LogP contribution in [0.3, 0.4) is 0 Å². The van der Waals surface area contributed by atoms with Crippen molar-refractivity contribution in [3.63, 3.8) is 0 Å². The molecule has 0 spiro atoms. The molecule has 1 atom stereocenters. The van der Waals surface area contributed by atoms with Gasteiger partial charge in [0, 0.05) is 12.5 Å². The van der Waals surface area contributed by atoms with E-state index in [0.717, 1.165) is 12.8 Å². The van der Waals surface area contributed by atoms with E-state index in [0.29, 0.717) is 6.42 Å². The molecule has 0 radical (unpaired) electrons. The number of carbonyl (C=O) groups is 1. The number of rotatable bonds is 7. The molecule has 1 aromatic rings. The zero-order chi connectivity index (χ0) is 14.5. The molecule has 4 nitrogen and oxygen atoms in total. The van der Waals surface area contributed by atoms with Gasteiger partial charge in [0.2, 0.25) is 0 Å². The predicted molar refractivity (Wildman–Crippen MR) is 76.3 cm³/mol. The van der Waals surface area contributed by atoms with Crippen molar-refractivity contribution >= 4 is 5.97 Å². The number of carboxylic acid groups (broad SMARTS) is 1. The van der Waals surface area contributed by atoms with Gasteiger partial charge in [-0.1, -0.05) is 50.6 Å². The van der Waals surface area contributed by atoms with E-state index in [1.807, 2.05) is 30.3 Å².